The molecule has 0 fully saturated rings. The molecule has 0 bridgehead atoms. The highest BCUT2D eigenvalue weighted by Crippen LogP contribution is 2.18. The normalized spacial score (nSPS) is 12.2. The molecule has 0 unspecified atom stereocenters. The molecule has 0 saturated carbocycles. The molecule has 7 heteroatoms. The Morgan fingerprint density at radius 3 is 2.62 bits per heavy atom. The van der Waals surface area contributed by atoms with E-state index in [1.165, 1.54) is 19.1 Å². The predicted octanol–water partition coefficient (Wildman–Crippen LogP) is 2.76. The van der Waals surface area contributed by atoms with E-state index in [1.54, 1.807) is 6.07 Å². The minimum atomic E-state index is -0.998. The molecule has 0 saturated heterocycles. The van der Waals surface area contributed by atoms with E-state index in [0.29, 0.717) is 11.6 Å². The first kappa shape index (κ1) is 18.0. The highest BCUT2D eigenvalue weighted by atomic mass is 35.5. The Morgan fingerprint density at radius 1 is 1.25 bits per heavy atom. The predicted molar refractivity (Wildman–Crippen MR) is 90.2 cm³/mol. The fourth-order valence-electron chi connectivity index (χ4n) is 1.95. The summed E-state index contributed by atoms with van der Waals surface area (Å²) in [6, 6.07) is 5.53. The van der Waals surface area contributed by atoms with Gasteiger partial charge in [0.2, 0.25) is 5.76 Å². The second-order valence-electron chi connectivity index (χ2n) is 5.80. The zero-order valence-electron chi connectivity index (χ0n) is 13.6. The van der Waals surface area contributed by atoms with Gasteiger partial charge in [-0.25, -0.2) is 4.79 Å². The maximum Gasteiger partial charge on any atom is 0.375 e. The monoisotopic (exact) mass is 351 g/mol. The van der Waals surface area contributed by atoms with Crippen LogP contribution in [0.1, 0.15) is 31.3 Å². The van der Waals surface area contributed by atoms with Crippen molar-refractivity contribution in [3.8, 4) is 0 Å². The van der Waals surface area contributed by atoms with Crippen LogP contribution < -0.4 is 10.7 Å². The summed E-state index contributed by atoms with van der Waals surface area (Å²) in [4.78, 5) is 36.0. The van der Waals surface area contributed by atoms with Crippen LogP contribution in [-0.4, -0.2) is 24.5 Å². The first-order valence-electron chi connectivity index (χ1n) is 7.50. The van der Waals surface area contributed by atoms with Gasteiger partial charge < -0.3 is 14.5 Å². The molecule has 1 N–H and O–H groups in total. The van der Waals surface area contributed by atoms with E-state index in [4.69, 9.17) is 20.8 Å². The van der Waals surface area contributed by atoms with Gasteiger partial charge in [-0.2, -0.15) is 0 Å². The molecule has 24 heavy (non-hydrogen) atoms. The lowest BCUT2D eigenvalue weighted by molar-refractivity contribution is -0.129. The Balaban J connectivity index is 2.15. The number of halogens is 1. The zero-order chi connectivity index (χ0) is 17.9. The van der Waals surface area contributed by atoms with Gasteiger partial charge in [-0.05, 0) is 31.0 Å². The smallest absolute Gasteiger partial charge is 0.375 e. The zero-order valence-corrected chi connectivity index (χ0v) is 14.3. The molecule has 1 amide bonds. The molecule has 0 aliphatic carbocycles. The van der Waals surface area contributed by atoms with Gasteiger partial charge in [0.1, 0.15) is 5.58 Å². The lowest BCUT2D eigenvalue weighted by Crippen LogP contribution is -2.37. The van der Waals surface area contributed by atoms with E-state index in [1.807, 2.05) is 13.8 Å². The summed E-state index contributed by atoms with van der Waals surface area (Å²) in [5.74, 6) is -1.27. The number of amides is 1. The van der Waals surface area contributed by atoms with Crippen molar-refractivity contribution in [1.29, 1.82) is 0 Å². The van der Waals surface area contributed by atoms with E-state index in [9.17, 15) is 14.4 Å². The number of carbonyl (C=O) groups is 2. The average molecular weight is 352 g/mol. The molecule has 1 aromatic carbocycles. The second kappa shape index (κ2) is 7.49. The number of hydrogen-bond donors (Lipinski definition) is 1. The number of fused-ring (bicyclic) bond motifs is 1. The highest BCUT2D eigenvalue weighted by Gasteiger charge is 2.21. The molecule has 128 valence electrons. The van der Waals surface area contributed by atoms with Gasteiger partial charge in [0.25, 0.3) is 5.91 Å². The average Bonchev–Trinajstić information content (AvgIpc) is 2.52. The summed E-state index contributed by atoms with van der Waals surface area (Å²) < 4.78 is 10.4. The molecule has 0 spiro atoms. The topological polar surface area (TPSA) is 85.6 Å². The van der Waals surface area contributed by atoms with Crippen molar-refractivity contribution in [2.75, 3.05) is 6.54 Å². The first-order chi connectivity index (χ1) is 11.3. The van der Waals surface area contributed by atoms with Crippen molar-refractivity contribution in [2.24, 2.45) is 5.92 Å². The van der Waals surface area contributed by atoms with Crippen LogP contribution in [0, 0.1) is 5.92 Å². The Labute approximate surface area is 143 Å². The van der Waals surface area contributed by atoms with Gasteiger partial charge >= 0.3 is 5.97 Å². The number of ether oxygens (including phenoxy) is 1. The van der Waals surface area contributed by atoms with Crippen molar-refractivity contribution in [3.05, 3.63) is 45.3 Å². The van der Waals surface area contributed by atoms with E-state index < -0.39 is 23.4 Å². The molecular weight excluding hydrogens is 334 g/mol. The molecule has 1 aromatic heterocycles. The fourth-order valence-corrected chi connectivity index (χ4v) is 2.12. The Bertz CT molecular complexity index is 827. The van der Waals surface area contributed by atoms with Crippen LogP contribution in [0.3, 0.4) is 0 Å². The van der Waals surface area contributed by atoms with Crippen LogP contribution in [0.15, 0.2) is 33.5 Å². The van der Waals surface area contributed by atoms with Crippen molar-refractivity contribution in [3.63, 3.8) is 0 Å². The molecule has 0 radical (unpaired) electrons. The number of hydrogen-bond acceptors (Lipinski definition) is 5. The molecule has 6 nitrogen and oxygen atoms in total. The third-order valence-electron chi connectivity index (χ3n) is 3.23. The van der Waals surface area contributed by atoms with Gasteiger partial charge in [0, 0.05) is 17.6 Å². The number of esters is 1. The summed E-state index contributed by atoms with van der Waals surface area (Å²) in [6.45, 7) is 5.83. The first-order valence-corrected chi connectivity index (χ1v) is 7.88. The molecule has 0 aliphatic rings. The number of benzene rings is 1. The lowest BCUT2D eigenvalue weighted by atomic mass is 10.2. The van der Waals surface area contributed by atoms with E-state index in [-0.39, 0.29) is 22.6 Å². The molecule has 0 aliphatic heterocycles. The van der Waals surface area contributed by atoms with Gasteiger partial charge in [0.15, 0.2) is 11.5 Å². The third kappa shape index (κ3) is 4.35. The summed E-state index contributed by atoms with van der Waals surface area (Å²) in [7, 11) is 0. The standard InChI is InChI=1S/C17H18ClNO5/c1-9(2)8-19-16(21)10(3)23-17(22)15-7-13(20)12-6-11(18)4-5-14(12)24-15/h4-7,9-10H,8H2,1-3H3,(H,19,21)/t10-/m0/s1. The van der Waals surface area contributed by atoms with E-state index in [2.05, 4.69) is 5.32 Å². The van der Waals surface area contributed by atoms with Crippen molar-refractivity contribution >= 4 is 34.4 Å². The summed E-state index contributed by atoms with van der Waals surface area (Å²) in [5, 5.41) is 3.32. The quantitative estimate of drug-likeness (QED) is 0.837. The van der Waals surface area contributed by atoms with Crippen molar-refractivity contribution in [1.82, 2.24) is 5.32 Å². The molecule has 2 aromatic rings. The summed E-state index contributed by atoms with van der Waals surface area (Å²) >= 11 is 5.83. The van der Waals surface area contributed by atoms with Gasteiger partial charge in [0.05, 0.1) is 5.39 Å². The van der Waals surface area contributed by atoms with E-state index >= 15 is 0 Å². The van der Waals surface area contributed by atoms with Crippen LogP contribution in [0.5, 0.6) is 0 Å². The number of rotatable bonds is 5. The Hall–Kier alpha value is -2.34. The SMILES string of the molecule is CC(C)CNC(=O)[C@H](C)OC(=O)c1cc(=O)c2cc(Cl)ccc2o1. The molecule has 1 heterocycles. The largest absolute Gasteiger partial charge is 0.449 e. The summed E-state index contributed by atoms with van der Waals surface area (Å²) in [5.41, 5.74) is -0.196. The van der Waals surface area contributed by atoms with E-state index in [0.717, 1.165) is 6.07 Å². The maximum atomic E-state index is 12.1. The summed E-state index contributed by atoms with van der Waals surface area (Å²) in [6.07, 6.45) is -0.998. The molecule has 1 atom stereocenters. The third-order valence-corrected chi connectivity index (χ3v) is 3.46. The van der Waals surface area contributed by atoms with Gasteiger partial charge in [-0.1, -0.05) is 25.4 Å². The number of carbonyl (C=O) groups excluding carboxylic acids is 2. The Morgan fingerprint density at radius 2 is 1.96 bits per heavy atom. The minimum Gasteiger partial charge on any atom is -0.449 e. The van der Waals surface area contributed by atoms with Crippen LogP contribution in [0.25, 0.3) is 11.0 Å². The highest BCUT2D eigenvalue weighted by molar-refractivity contribution is 6.31. The van der Waals surface area contributed by atoms with Crippen molar-refractivity contribution in [2.45, 2.75) is 26.9 Å². The van der Waals surface area contributed by atoms with Gasteiger partial charge in [-0.3, -0.25) is 9.59 Å². The second-order valence-corrected chi connectivity index (χ2v) is 6.24. The Kier molecular flexibility index (Phi) is 5.62. The van der Waals surface area contributed by atoms with Crippen LogP contribution >= 0.6 is 11.6 Å². The molecule has 2 rings (SSSR count). The van der Waals surface area contributed by atoms with Crippen LogP contribution in [0.2, 0.25) is 5.02 Å². The lowest BCUT2D eigenvalue weighted by Gasteiger charge is -2.14. The number of nitrogens with one attached hydrogen (secondary N) is 1. The van der Waals surface area contributed by atoms with Gasteiger partial charge in [-0.15, -0.1) is 0 Å². The van der Waals surface area contributed by atoms with Crippen LogP contribution in [0.4, 0.5) is 0 Å². The van der Waals surface area contributed by atoms with Crippen molar-refractivity contribution < 1.29 is 18.7 Å². The molecular formula is C17H18ClNO5. The van der Waals surface area contributed by atoms with Crippen LogP contribution in [-0.2, 0) is 9.53 Å². The maximum absolute atomic E-state index is 12.1. The fraction of sp³-hybridized carbons (Fsp3) is 0.353. The minimum absolute atomic E-state index is 0.218.